The molecule has 0 fully saturated rings. The Balaban J connectivity index is 2.36. The van der Waals surface area contributed by atoms with Crippen molar-refractivity contribution in [3.05, 3.63) is 10.0 Å². The van der Waals surface area contributed by atoms with E-state index in [1.54, 1.807) is 6.07 Å². The molecule has 0 aliphatic rings. The normalized spacial score (nSPS) is 9.23. The zero-order valence-corrected chi connectivity index (χ0v) is 7.89. The van der Waals surface area contributed by atoms with Crippen LogP contribution < -0.4 is 5.32 Å². The maximum atomic E-state index is 10.8. The lowest BCUT2D eigenvalue weighted by atomic mass is 10.4. The van der Waals surface area contributed by atoms with Crippen LogP contribution >= 0.6 is 11.3 Å². The molecule has 0 aliphatic heterocycles. The molecule has 1 heterocycles. The summed E-state index contributed by atoms with van der Waals surface area (Å²) in [4.78, 5) is 10.8. The monoisotopic (exact) mass is 196 g/mol. The minimum Gasteiger partial charge on any atom is -0.349 e. The highest BCUT2D eigenvalue weighted by molar-refractivity contribution is 7.11. The molecule has 68 valence electrons. The minimum atomic E-state index is -0.282. The lowest BCUT2D eigenvalue weighted by Gasteiger charge is -1.96. The molecule has 1 aromatic heterocycles. The van der Waals surface area contributed by atoms with Crippen LogP contribution in [0.1, 0.15) is 16.4 Å². The number of nitriles is 1. The molecule has 1 aromatic rings. The molecule has 1 N–H and O–H groups in total. The second-order valence-electron chi connectivity index (χ2n) is 2.33. The first-order valence-corrected chi connectivity index (χ1v) is 4.46. The van der Waals surface area contributed by atoms with Gasteiger partial charge in [-0.25, -0.2) is 0 Å². The molecule has 0 atom stereocenters. The van der Waals surface area contributed by atoms with E-state index in [1.807, 2.05) is 6.92 Å². The van der Waals surface area contributed by atoms with Gasteiger partial charge in [0, 0.05) is 0 Å². The first-order valence-electron chi connectivity index (χ1n) is 3.65. The maximum absolute atomic E-state index is 10.8. The van der Waals surface area contributed by atoms with Gasteiger partial charge < -0.3 is 5.32 Å². The average molecular weight is 196 g/mol. The van der Waals surface area contributed by atoms with Crippen LogP contribution in [0.15, 0.2) is 0 Å². The molecule has 6 heteroatoms. The van der Waals surface area contributed by atoms with E-state index < -0.39 is 0 Å². The smallest absolute Gasteiger partial charge is 0.234 e. The van der Waals surface area contributed by atoms with E-state index in [0.717, 1.165) is 10.0 Å². The van der Waals surface area contributed by atoms with Crippen molar-refractivity contribution >= 4 is 17.2 Å². The van der Waals surface area contributed by atoms with Crippen LogP contribution in [-0.2, 0) is 11.3 Å². The molecule has 13 heavy (non-hydrogen) atoms. The van der Waals surface area contributed by atoms with Gasteiger partial charge in [0.25, 0.3) is 0 Å². The Morgan fingerprint density at radius 3 is 3.00 bits per heavy atom. The van der Waals surface area contributed by atoms with Gasteiger partial charge in [-0.05, 0) is 6.92 Å². The molecule has 0 aromatic carbocycles. The van der Waals surface area contributed by atoms with Gasteiger partial charge in [-0.3, -0.25) is 4.79 Å². The molecule has 0 unspecified atom stereocenters. The van der Waals surface area contributed by atoms with Gasteiger partial charge in [0.1, 0.15) is 16.4 Å². The third-order valence-corrected chi connectivity index (χ3v) is 2.08. The highest BCUT2D eigenvalue weighted by Crippen LogP contribution is 2.06. The largest absolute Gasteiger partial charge is 0.349 e. The van der Waals surface area contributed by atoms with E-state index in [2.05, 4.69) is 15.5 Å². The third-order valence-electron chi connectivity index (χ3n) is 1.24. The summed E-state index contributed by atoms with van der Waals surface area (Å²) in [6.45, 7) is 2.20. The van der Waals surface area contributed by atoms with Crippen molar-refractivity contribution in [2.24, 2.45) is 0 Å². The summed E-state index contributed by atoms with van der Waals surface area (Å²) in [7, 11) is 0. The van der Waals surface area contributed by atoms with Gasteiger partial charge in [-0.15, -0.1) is 10.2 Å². The molecular formula is C7H8N4OS. The van der Waals surface area contributed by atoms with Crippen molar-refractivity contribution in [1.82, 2.24) is 15.5 Å². The summed E-state index contributed by atoms with van der Waals surface area (Å²) in [5.41, 5.74) is 0. The molecule has 1 rings (SSSR count). The number of amides is 1. The second kappa shape index (κ2) is 4.52. The van der Waals surface area contributed by atoms with E-state index in [0.29, 0.717) is 6.54 Å². The number of carbonyl (C=O) groups is 1. The van der Waals surface area contributed by atoms with E-state index in [1.165, 1.54) is 11.3 Å². The highest BCUT2D eigenvalue weighted by Gasteiger charge is 2.02. The number of aryl methyl sites for hydroxylation is 1. The fourth-order valence-electron chi connectivity index (χ4n) is 0.717. The average Bonchev–Trinajstić information content (AvgIpc) is 2.49. The summed E-state index contributed by atoms with van der Waals surface area (Å²) in [6, 6.07) is 1.76. The summed E-state index contributed by atoms with van der Waals surface area (Å²) in [5, 5.41) is 20.0. The van der Waals surface area contributed by atoms with Crippen LogP contribution in [0.25, 0.3) is 0 Å². The quantitative estimate of drug-likeness (QED) is 0.757. The van der Waals surface area contributed by atoms with Gasteiger partial charge in [-0.2, -0.15) is 5.26 Å². The molecule has 0 bridgehead atoms. The van der Waals surface area contributed by atoms with Crippen LogP contribution in [0.3, 0.4) is 0 Å². The number of aromatic nitrogens is 2. The fraction of sp³-hybridized carbons (Fsp3) is 0.429. The Hall–Kier alpha value is -1.48. The summed E-state index contributed by atoms with van der Waals surface area (Å²) in [6.07, 6.45) is -0.113. The van der Waals surface area contributed by atoms with E-state index in [-0.39, 0.29) is 12.3 Å². The zero-order chi connectivity index (χ0) is 9.68. The highest BCUT2D eigenvalue weighted by atomic mass is 32.1. The molecule has 0 saturated carbocycles. The maximum Gasteiger partial charge on any atom is 0.234 e. The number of rotatable bonds is 3. The zero-order valence-electron chi connectivity index (χ0n) is 7.07. The Morgan fingerprint density at radius 1 is 1.69 bits per heavy atom. The molecular weight excluding hydrogens is 188 g/mol. The minimum absolute atomic E-state index is 0.113. The lowest BCUT2D eigenvalue weighted by Crippen LogP contribution is -2.21. The predicted octanol–water partition coefficient (Wildman–Crippen LogP) is 0.376. The van der Waals surface area contributed by atoms with Gasteiger partial charge in [-0.1, -0.05) is 11.3 Å². The SMILES string of the molecule is Cc1nnc(CNC(=O)CC#N)s1. The third kappa shape index (κ3) is 3.17. The van der Waals surface area contributed by atoms with Crippen LogP contribution in [-0.4, -0.2) is 16.1 Å². The Bertz CT molecular complexity index is 341. The van der Waals surface area contributed by atoms with E-state index in [4.69, 9.17) is 5.26 Å². The second-order valence-corrected chi connectivity index (χ2v) is 3.59. The Kier molecular flexibility index (Phi) is 3.34. The van der Waals surface area contributed by atoms with Gasteiger partial charge >= 0.3 is 0 Å². The van der Waals surface area contributed by atoms with Crippen molar-refractivity contribution in [2.75, 3.05) is 0 Å². The molecule has 0 radical (unpaired) electrons. The number of nitrogens with one attached hydrogen (secondary N) is 1. The Morgan fingerprint density at radius 2 is 2.46 bits per heavy atom. The van der Waals surface area contributed by atoms with Crippen LogP contribution in [0.5, 0.6) is 0 Å². The fourth-order valence-corrected chi connectivity index (χ4v) is 1.37. The molecule has 0 spiro atoms. The van der Waals surface area contributed by atoms with Crippen molar-refractivity contribution in [3.63, 3.8) is 0 Å². The first-order chi connectivity index (χ1) is 6.22. The van der Waals surface area contributed by atoms with Crippen molar-refractivity contribution in [2.45, 2.75) is 19.9 Å². The number of hydrogen-bond acceptors (Lipinski definition) is 5. The molecule has 1 amide bonds. The summed E-state index contributed by atoms with van der Waals surface area (Å²) in [5.74, 6) is -0.282. The summed E-state index contributed by atoms with van der Waals surface area (Å²) < 4.78 is 0. The predicted molar refractivity (Wildman–Crippen MR) is 46.7 cm³/mol. The van der Waals surface area contributed by atoms with Crippen molar-refractivity contribution in [3.8, 4) is 6.07 Å². The van der Waals surface area contributed by atoms with E-state index in [9.17, 15) is 4.79 Å². The van der Waals surface area contributed by atoms with Crippen LogP contribution in [0, 0.1) is 18.3 Å². The van der Waals surface area contributed by atoms with Gasteiger partial charge in [0.2, 0.25) is 5.91 Å². The molecule has 0 saturated heterocycles. The van der Waals surface area contributed by atoms with Crippen LogP contribution in [0.4, 0.5) is 0 Å². The van der Waals surface area contributed by atoms with Crippen molar-refractivity contribution in [1.29, 1.82) is 5.26 Å². The number of carbonyl (C=O) groups excluding carboxylic acids is 1. The topological polar surface area (TPSA) is 78.7 Å². The molecule has 5 nitrogen and oxygen atoms in total. The van der Waals surface area contributed by atoms with Crippen molar-refractivity contribution < 1.29 is 4.79 Å². The van der Waals surface area contributed by atoms with E-state index >= 15 is 0 Å². The standard InChI is InChI=1S/C7H8N4OS/c1-5-10-11-7(13-5)4-9-6(12)2-3-8/h2,4H2,1H3,(H,9,12). The molecule has 0 aliphatic carbocycles. The summed E-state index contributed by atoms with van der Waals surface area (Å²) >= 11 is 1.43. The Labute approximate surface area is 79.4 Å². The van der Waals surface area contributed by atoms with Gasteiger partial charge in [0.05, 0.1) is 12.6 Å². The first kappa shape index (κ1) is 9.61. The van der Waals surface area contributed by atoms with Crippen LogP contribution in [0.2, 0.25) is 0 Å². The van der Waals surface area contributed by atoms with Gasteiger partial charge in [0.15, 0.2) is 0 Å². The number of nitrogens with zero attached hydrogens (tertiary/aromatic N) is 3. The lowest BCUT2D eigenvalue weighted by molar-refractivity contribution is -0.120. The number of hydrogen-bond donors (Lipinski definition) is 1.